The van der Waals surface area contributed by atoms with Gasteiger partial charge in [-0.2, -0.15) is 0 Å². The molecule has 1 fully saturated rings. The van der Waals surface area contributed by atoms with E-state index in [0.717, 1.165) is 47.9 Å². The Morgan fingerprint density at radius 1 is 1.15 bits per heavy atom. The summed E-state index contributed by atoms with van der Waals surface area (Å²) >= 11 is 1.46. The van der Waals surface area contributed by atoms with Gasteiger partial charge < -0.3 is 4.42 Å². The van der Waals surface area contributed by atoms with Gasteiger partial charge in [0.15, 0.2) is 5.13 Å². The summed E-state index contributed by atoms with van der Waals surface area (Å²) < 4.78 is 5.84. The van der Waals surface area contributed by atoms with Crippen LogP contribution < -0.4 is 5.32 Å². The first-order chi connectivity index (χ1) is 16.5. The first kappa shape index (κ1) is 22.4. The molecular weight excluding hydrogens is 446 g/mol. The molecule has 4 aromatic rings. The van der Waals surface area contributed by atoms with E-state index in [4.69, 9.17) is 4.42 Å². The maximum atomic E-state index is 12.7. The molecule has 34 heavy (non-hydrogen) atoms. The van der Waals surface area contributed by atoms with Crippen molar-refractivity contribution in [3.63, 3.8) is 0 Å². The standard InChI is InChI=1S/C26H27N5O2S/c1-17-5-3-7-21(13-17)25-30-29-24(33-25)20-10-8-19(9-11-20)23(32)28-26-27-22(16-34-26)15-31-12-4-6-18(2)14-31/h3,5,7-11,13,16,18H,4,6,12,14-15H2,1-2H3,(H,27,28,32). The van der Waals surface area contributed by atoms with Gasteiger partial charge in [-0.15, -0.1) is 21.5 Å². The summed E-state index contributed by atoms with van der Waals surface area (Å²) in [4.78, 5) is 19.8. The molecule has 0 saturated carbocycles. The summed E-state index contributed by atoms with van der Waals surface area (Å²) in [6.07, 6.45) is 2.54. The van der Waals surface area contributed by atoms with Crippen LogP contribution in [-0.4, -0.2) is 39.1 Å². The molecule has 0 aliphatic carbocycles. The van der Waals surface area contributed by atoms with E-state index in [1.54, 1.807) is 12.1 Å². The summed E-state index contributed by atoms with van der Waals surface area (Å²) in [5, 5.41) is 13.9. The molecule has 0 radical (unpaired) electrons. The summed E-state index contributed by atoms with van der Waals surface area (Å²) in [5.74, 6) is 1.43. The molecule has 8 heteroatoms. The largest absolute Gasteiger partial charge is 0.416 e. The Morgan fingerprint density at radius 3 is 2.71 bits per heavy atom. The number of carbonyl (C=O) groups excluding carboxylic acids is 1. The fraction of sp³-hybridized carbons (Fsp3) is 0.308. The third kappa shape index (κ3) is 5.24. The molecule has 2 aromatic heterocycles. The van der Waals surface area contributed by atoms with Crippen LogP contribution in [0.25, 0.3) is 22.9 Å². The van der Waals surface area contributed by atoms with E-state index >= 15 is 0 Å². The highest BCUT2D eigenvalue weighted by Crippen LogP contribution is 2.25. The highest BCUT2D eigenvalue weighted by atomic mass is 32.1. The lowest BCUT2D eigenvalue weighted by molar-refractivity contribution is 0.102. The van der Waals surface area contributed by atoms with Crippen molar-refractivity contribution in [2.75, 3.05) is 18.4 Å². The number of likely N-dealkylation sites (tertiary alicyclic amines) is 1. The summed E-state index contributed by atoms with van der Waals surface area (Å²) in [6, 6.07) is 15.1. The first-order valence-corrected chi connectivity index (χ1v) is 12.4. The number of nitrogens with zero attached hydrogens (tertiary/aromatic N) is 4. The molecule has 174 valence electrons. The van der Waals surface area contributed by atoms with Gasteiger partial charge in [0.05, 0.1) is 5.69 Å². The minimum Gasteiger partial charge on any atom is -0.416 e. The Kier molecular flexibility index (Phi) is 6.51. The molecule has 1 aliphatic rings. The fourth-order valence-electron chi connectivity index (χ4n) is 4.26. The number of aryl methyl sites for hydroxylation is 1. The maximum Gasteiger partial charge on any atom is 0.257 e. The number of anilines is 1. The van der Waals surface area contributed by atoms with Gasteiger partial charge in [0.25, 0.3) is 5.91 Å². The van der Waals surface area contributed by atoms with Crippen LogP contribution in [0.1, 0.15) is 41.4 Å². The lowest BCUT2D eigenvalue weighted by Gasteiger charge is -2.30. The number of piperidine rings is 1. The van der Waals surface area contributed by atoms with Crippen molar-refractivity contribution >= 4 is 22.4 Å². The highest BCUT2D eigenvalue weighted by Gasteiger charge is 2.18. The molecule has 5 rings (SSSR count). The van der Waals surface area contributed by atoms with Crippen molar-refractivity contribution < 1.29 is 9.21 Å². The quantitative estimate of drug-likeness (QED) is 0.389. The van der Waals surface area contributed by atoms with Gasteiger partial charge in [-0.3, -0.25) is 15.0 Å². The topological polar surface area (TPSA) is 84.2 Å². The zero-order valence-electron chi connectivity index (χ0n) is 19.3. The number of rotatable bonds is 6. The van der Waals surface area contributed by atoms with Crippen LogP contribution in [0.3, 0.4) is 0 Å². The molecule has 1 unspecified atom stereocenters. The van der Waals surface area contributed by atoms with Crippen molar-refractivity contribution in [1.82, 2.24) is 20.1 Å². The second-order valence-electron chi connectivity index (χ2n) is 8.94. The Hall–Kier alpha value is -3.36. The average molecular weight is 474 g/mol. The molecule has 1 amide bonds. The van der Waals surface area contributed by atoms with E-state index in [1.807, 2.05) is 48.7 Å². The van der Waals surface area contributed by atoms with Crippen LogP contribution in [0.4, 0.5) is 5.13 Å². The van der Waals surface area contributed by atoms with Crippen LogP contribution in [0, 0.1) is 12.8 Å². The minimum absolute atomic E-state index is 0.190. The maximum absolute atomic E-state index is 12.7. The van der Waals surface area contributed by atoms with Crippen LogP contribution in [0.2, 0.25) is 0 Å². The van der Waals surface area contributed by atoms with Crippen LogP contribution >= 0.6 is 11.3 Å². The first-order valence-electron chi connectivity index (χ1n) is 11.5. The van der Waals surface area contributed by atoms with Gasteiger partial charge in [0.1, 0.15) is 0 Å². The molecule has 1 N–H and O–H groups in total. The molecule has 7 nitrogen and oxygen atoms in total. The molecular formula is C26H27N5O2S. The number of carbonyl (C=O) groups is 1. The summed E-state index contributed by atoms with van der Waals surface area (Å²) in [7, 11) is 0. The van der Waals surface area contributed by atoms with Crippen molar-refractivity contribution in [1.29, 1.82) is 0 Å². The Morgan fingerprint density at radius 2 is 1.94 bits per heavy atom. The van der Waals surface area contributed by atoms with Gasteiger partial charge in [0, 0.05) is 35.2 Å². The molecule has 1 atom stereocenters. The number of hydrogen-bond acceptors (Lipinski definition) is 7. The predicted molar refractivity (Wildman–Crippen MR) is 134 cm³/mol. The predicted octanol–water partition coefficient (Wildman–Crippen LogP) is 5.65. The molecule has 0 bridgehead atoms. The Labute approximate surface area is 202 Å². The second kappa shape index (κ2) is 9.87. The van der Waals surface area contributed by atoms with Crippen molar-refractivity contribution in [2.45, 2.75) is 33.2 Å². The molecule has 1 aliphatic heterocycles. The minimum atomic E-state index is -0.190. The van der Waals surface area contributed by atoms with Gasteiger partial charge in [0.2, 0.25) is 11.8 Å². The third-order valence-electron chi connectivity index (χ3n) is 5.98. The monoisotopic (exact) mass is 473 g/mol. The van der Waals surface area contributed by atoms with Gasteiger partial charge >= 0.3 is 0 Å². The Bertz CT molecular complexity index is 1280. The van der Waals surface area contributed by atoms with Crippen LogP contribution in [0.5, 0.6) is 0 Å². The van der Waals surface area contributed by atoms with Crippen molar-refractivity contribution in [3.8, 4) is 22.9 Å². The fourth-order valence-corrected chi connectivity index (χ4v) is 4.96. The summed E-state index contributed by atoms with van der Waals surface area (Å²) in [6.45, 7) is 7.37. The zero-order chi connectivity index (χ0) is 23.5. The van der Waals surface area contributed by atoms with E-state index in [9.17, 15) is 4.79 Å². The number of nitrogens with one attached hydrogen (secondary N) is 1. The molecule has 2 aromatic carbocycles. The van der Waals surface area contributed by atoms with Crippen LogP contribution in [-0.2, 0) is 6.54 Å². The summed E-state index contributed by atoms with van der Waals surface area (Å²) in [5.41, 5.74) is 4.32. The van der Waals surface area contributed by atoms with Crippen molar-refractivity contribution in [2.24, 2.45) is 5.92 Å². The number of thiazole rings is 1. The lowest BCUT2D eigenvalue weighted by Crippen LogP contribution is -2.33. The number of benzene rings is 2. The molecule has 0 spiro atoms. The molecule has 1 saturated heterocycles. The van der Waals surface area contributed by atoms with E-state index in [1.165, 1.54) is 24.2 Å². The van der Waals surface area contributed by atoms with Gasteiger partial charge in [-0.25, -0.2) is 4.98 Å². The third-order valence-corrected chi connectivity index (χ3v) is 6.79. The second-order valence-corrected chi connectivity index (χ2v) is 9.80. The SMILES string of the molecule is Cc1cccc(-c2nnc(-c3ccc(C(=O)Nc4nc(CN5CCCC(C)C5)cs4)cc3)o2)c1. The van der Waals surface area contributed by atoms with E-state index in [-0.39, 0.29) is 5.91 Å². The van der Waals surface area contributed by atoms with Crippen LogP contribution in [0.15, 0.2) is 58.3 Å². The van der Waals surface area contributed by atoms with E-state index < -0.39 is 0 Å². The van der Waals surface area contributed by atoms with E-state index in [2.05, 4.69) is 32.3 Å². The smallest absolute Gasteiger partial charge is 0.257 e. The van der Waals surface area contributed by atoms with Gasteiger partial charge in [-0.1, -0.05) is 24.6 Å². The molecule has 3 heterocycles. The number of aromatic nitrogens is 3. The average Bonchev–Trinajstić information content (AvgIpc) is 3.49. The number of hydrogen-bond donors (Lipinski definition) is 1. The van der Waals surface area contributed by atoms with E-state index in [0.29, 0.717) is 22.5 Å². The zero-order valence-corrected chi connectivity index (χ0v) is 20.1. The van der Waals surface area contributed by atoms with Gasteiger partial charge in [-0.05, 0) is 68.6 Å². The normalized spacial score (nSPS) is 16.5. The Balaban J connectivity index is 1.21. The highest BCUT2D eigenvalue weighted by molar-refractivity contribution is 7.14. The lowest BCUT2D eigenvalue weighted by atomic mass is 10.0. The van der Waals surface area contributed by atoms with Crippen molar-refractivity contribution in [3.05, 3.63) is 70.7 Å². The number of amides is 1.